The van der Waals surface area contributed by atoms with Crippen LogP contribution in [-0.2, 0) is 16.2 Å². The van der Waals surface area contributed by atoms with Crippen LogP contribution < -0.4 is 4.74 Å². The molecule has 3 aromatic rings. The molecule has 1 aromatic heterocycles. The van der Waals surface area contributed by atoms with Crippen molar-refractivity contribution in [1.29, 1.82) is 0 Å². The van der Waals surface area contributed by atoms with E-state index >= 15 is 0 Å². The summed E-state index contributed by atoms with van der Waals surface area (Å²) in [4.78, 5) is 27.2. The van der Waals surface area contributed by atoms with Crippen LogP contribution >= 0.6 is 0 Å². The van der Waals surface area contributed by atoms with Crippen LogP contribution in [0.25, 0.3) is 5.76 Å². The summed E-state index contributed by atoms with van der Waals surface area (Å²) in [6.45, 7) is 4.73. The maximum absolute atomic E-state index is 12.9. The van der Waals surface area contributed by atoms with Crippen LogP contribution in [0, 0.1) is 6.92 Å². The van der Waals surface area contributed by atoms with Crippen LogP contribution in [0.3, 0.4) is 0 Å². The number of aliphatic hydroxyl groups is 1. The van der Waals surface area contributed by atoms with Crippen LogP contribution in [0.15, 0.2) is 76.9 Å². The van der Waals surface area contributed by atoms with Gasteiger partial charge < -0.3 is 19.2 Å². The average molecular weight is 446 g/mol. The predicted octanol–water partition coefficient (Wildman–Crippen LogP) is 5.39. The molecule has 33 heavy (non-hydrogen) atoms. The van der Waals surface area contributed by atoms with Crippen molar-refractivity contribution in [2.75, 3.05) is 6.54 Å². The monoisotopic (exact) mass is 445 g/mol. The highest BCUT2D eigenvalue weighted by molar-refractivity contribution is 6.46. The first kappa shape index (κ1) is 22.4. The van der Waals surface area contributed by atoms with Gasteiger partial charge in [0.25, 0.3) is 11.7 Å². The molecule has 1 unspecified atom stereocenters. The minimum absolute atomic E-state index is 0.0448. The van der Waals surface area contributed by atoms with E-state index in [0.29, 0.717) is 30.2 Å². The molecule has 1 saturated heterocycles. The fourth-order valence-corrected chi connectivity index (χ4v) is 4.03. The molecule has 2 heterocycles. The number of ketones is 1. The van der Waals surface area contributed by atoms with Gasteiger partial charge in [0.1, 0.15) is 29.9 Å². The SMILES string of the molecule is CCCCN1C(=O)C(=O)/C(=C(\O)c2ccc(OCc3ccccc3)c(C)c2)C1c1ccco1. The zero-order chi connectivity index (χ0) is 23.4. The van der Waals surface area contributed by atoms with Crippen molar-refractivity contribution in [2.45, 2.75) is 39.3 Å². The van der Waals surface area contributed by atoms with Crippen molar-refractivity contribution in [3.05, 3.63) is 95.0 Å². The topological polar surface area (TPSA) is 80.0 Å². The van der Waals surface area contributed by atoms with Gasteiger partial charge in [0.2, 0.25) is 0 Å². The first-order valence-electron chi connectivity index (χ1n) is 11.1. The van der Waals surface area contributed by atoms with E-state index < -0.39 is 17.7 Å². The third kappa shape index (κ3) is 4.55. The van der Waals surface area contributed by atoms with Gasteiger partial charge in [-0.15, -0.1) is 0 Å². The molecule has 0 aliphatic carbocycles. The van der Waals surface area contributed by atoms with Gasteiger partial charge in [0, 0.05) is 12.1 Å². The zero-order valence-electron chi connectivity index (χ0n) is 18.8. The molecule has 0 spiro atoms. The number of hydrogen-bond acceptors (Lipinski definition) is 5. The maximum atomic E-state index is 12.9. The van der Waals surface area contributed by atoms with Crippen molar-refractivity contribution >= 4 is 17.4 Å². The molecule has 1 aliphatic heterocycles. The molecule has 6 heteroatoms. The third-order valence-electron chi connectivity index (χ3n) is 5.79. The fraction of sp³-hybridized carbons (Fsp3) is 0.259. The first-order chi connectivity index (χ1) is 16.0. The highest BCUT2D eigenvalue weighted by Crippen LogP contribution is 2.40. The van der Waals surface area contributed by atoms with Gasteiger partial charge in [-0.2, -0.15) is 0 Å². The Morgan fingerprint density at radius 2 is 1.88 bits per heavy atom. The first-order valence-corrected chi connectivity index (χ1v) is 11.1. The molecule has 170 valence electrons. The van der Waals surface area contributed by atoms with Crippen LogP contribution in [-0.4, -0.2) is 28.2 Å². The van der Waals surface area contributed by atoms with Crippen molar-refractivity contribution in [3.8, 4) is 5.75 Å². The highest BCUT2D eigenvalue weighted by atomic mass is 16.5. The van der Waals surface area contributed by atoms with Crippen molar-refractivity contribution < 1.29 is 23.8 Å². The Hall–Kier alpha value is -3.80. The van der Waals surface area contributed by atoms with Gasteiger partial charge in [-0.3, -0.25) is 9.59 Å². The van der Waals surface area contributed by atoms with E-state index in [9.17, 15) is 14.7 Å². The number of aryl methyl sites for hydroxylation is 1. The number of benzene rings is 2. The largest absolute Gasteiger partial charge is 0.507 e. The molecule has 0 saturated carbocycles. The van der Waals surface area contributed by atoms with E-state index in [1.807, 2.05) is 44.2 Å². The number of amides is 1. The molecule has 1 atom stereocenters. The van der Waals surface area contributed by atoms with E-state index in [1.54, 1.807) is 30.3 Å². The standard InChI is InChI=1S/C27H27NO5/c1-3-4-14-28-24(22-11-8-15-32-22)23(26(30)27(28)31)25(29)20-12-13-21(18(2)16-20)33-17-19-9-6-5-7-10-19/h5-13,15-16,24,29H,3-4,14,17H2,1-2H3/b25-23-. The second-order valence-electron chi connectivity index (χ2n) is 8.12. The van der Waals surface area contributed by atoms with E-state index in [0.717, 1.165) is 24.0 Å². The summed E-state index contributed by atoms with van der Waals surface area (Å²) in [6.07, 6.45) is 3.12. The summed E-state index contributed by atoms with van der Waals surface area (Å²) in [5, 5.41) is 11.1. The summed E-state index contributed by atoms with van der Waals surface area (Å²) in [5.74, 6) is -0.405. The third-order valence-corrected chi connectivity index (χ3v) is 5.79. The molecule has 2 aromatic carbocycles. The Balaban J connectivity index is 1.66. The predicted molar refractivity (Wildman–Crippen MR) is 125 cm³/mol. The summed E-state index contributed by atoms with van der Waals surface area (Å²) >= 11 is 0. The number of carbonyl (C=O) groups excluding carboxylic acids is 2. The number of nitrogens with zero attached hydrogens (tertiary/aromatic N) is 1. The van der Waals surface area contributed by atoms with Gasteiger partial charge >= 0.3 is 0 Å². The summed E-state index contributed by atoms with van der Waals surface area (Å²) in [7, 11) is 0. The second-order valence-corrected chi connectivity index (χ2v) is 8.12. The molecule has 4 rings (SSSR count). The molecule has 1 fully saturated rings. The molecule has 0 bridgehead atoms. The van der Waals surface area contributed by atoms with Gasteiger partial charge in [-0.05, 0) is 54.8 Å². The van der Waals surface area contributed by atoms with E-state index in [4.69, 9.17) is 9.15 Å². The molecule has 1 aliphatic rings. The Morgan fingerprint density at radius 1 is 1.09 bits per heavy atom. The van der Waals surface area contributed by atoms with Crippen LogP contribution in [0.2, 0.25) is 0 Å². The minimum Gasteiger partial charge on any atom is -0.507 e. The number of aliphatic hydroxyl groups excluding tert-OH is 1. The van der Waals surface area contributed by atoms with E-state index in [-0.39, 0.29) is 11.3 Å². The number of Topliss-reactive ketones (excluding diaryl/α,β-unsaturated/α-hetero) is 1. The number of hydrogen-bond donors (Lipinski definition) is 1. The van der Waals surface area contributed by atoms with E-state index in [2.05, 4.69) is 0 Å². The fourth-order valence-electron chi connectivity index (χ4n) is 4.03. The minimum atomic E-state index is -0.749. The van der Waals surface area contributed by atoms with E-state index in [1.165, 1.54) is 11.2 Å². The summed E-state index contributed by atoms with van der Waals surface area (Å²) in [6, 6.07) is 17.7. The molecular formula is C27H27NO5. The lowest BCUT2D eigenvalue weighted by Gasteiger charge is -2.23. The number of carbonyl (C=O) groups is 2. The smallest absolute Gasteiger partial charge is 0.295 e. The Kier molecular flexibility index (Phi) is 6.63. The lowest BCUT2D eigenvalue weighted by Crippen LogP contribution is -2.30. The Labute approximate surface area is 193 Å². The zero-order valence-corrected chi connectivity index (χ0v) is 18.8. The molecule has 0 radical (unpaired) electrons. The number of rotatable bonds is 8. The number of likely N-dealkylation sites (tertiary alicyclic amines) is 1. The van der Waals surface area contributed by atoms with Gasteiger partial charge in [0.05, 0.1) is 11.8 Å². The second kappa shape index (κ2) is 9.77. The molecule has 1 N–H and O–H groups in total. The van der Waals surface area contributed by atoms with Crippen LogP contribution in [0.4, 0.5) is 0 Å². The number of unbranched alkanes of at least 4 members (excludes halogenated alkanes) is 1. The van der Waals surface area contributed by atoms with Gasteiger partial charge in [-0.1, -0.05) is 43.7 Å². The normalized spacial score (nSPS) is 17.5. The van der Waals surface area contributed by atoms with Gasteiger partial charge in [0.15, 0.2) is 0 Å². The number of ether oxygens (including phenoxy) is 1. The highest BCUT2D eigenvalue weighted by Gasteiger charge is 2.47. The lowest BCUT2D eigenvalue weighted by atomic mass is 9.98. The Bertz CT molecular complexity index is 1160. The number of furan rings is 1. The van der Waals surface area contributed by atoms with Crippen LogP contribution in [0.5, 0.6) is 5.75 Å². The van der Waals surface area contributed by atoms with Crippen LogP contribution in [0.1, 0.15) is 48.3 Å². The van der Waals surface area contributed by atoms with Crippen molar-refractivity contribution in [3.63, 3.8) is 0 Å². The summed E-state index contributed by atoms with van der Waals surface area (Å²) < 4.78 is 11.5. The summed E-state index contributed by atoms with van der Waals surface area (Å²) in [5.41, 5.74) is 2.35. The molecular weight excluding hydrogens is 418 g/mol. The average Bonchev–Trinajstić information content (AvgIpc) is 3.44. The molecule has 6 nitrogen and oxygen atoms in total. The van der Waals surface area contributed by atoms with Crippen molar-refractivity contribution in [1.82, 2.24) is 4.90 Å². The molecule has 1 amide bonds. The van der Waals surface area contributed by atoms with Gasteiger partial charge in [-0.25, -0.2) is 0 Å². The maximum Gasteiger partial charge on any atom is 0.295 e. The quantitative estimate of drug-likeness (QED) is 0.286. The Morgan fingerprint density at radius 3 is 2.55 bits per heavy atom. The lowest BCUT2D eigenvalue weighted by molar-refractivity contribution is -0.140. The van der Waals surface area contributed by atoms with Crippen molar-refractivity contribution in [2.24, 2.45) is 0 Å².